The number of aromatic nitrogens is 3. The Hall–Kier alpha value is -2.49. The second-order valence-electron chi connectivity index (χ2n) is 12.0. The maximum atomic E-state index is 12.9. The predicted octanol–water partition coefficient (Wildman–Crippen LogP) is 5.67. The van der Waals surface area contributed by atoms with Crippen molar-refractivity contribution in [1.29, 1.82) is 0 Å². The highest BCUT2D eigenvalue weighted by atomic mass is 16.5. The molecule has 1 atom stereocenters. The Morgan fingerprint density at radius 1 is 0.854 bits per heavy atom. The van der Waals surface area contributed by atoms with Gasteiger partial charge >= 0.3 is 6.03 Å². The molecule has 4 rings (SSSR count). The van der Waals surface area contributed by atoms with Crippen LogP contribution in [0.5, 0.6) is 0 Å². The summed E-state index contributed by atoms with van der Waals surface area (Å²) in [6.45, 7) is 6.80. The molecule has 41 heavy (non-hydrogen) atoms. The van der Waals surface area contributed by atoms with Gasteiger partial charge in [-0.05, 0) is 6.42 Å². The molecule has 0 aliphatic carbocycles. The summed E-state index contributed by atoms with van der Waals surface area (Å²) in [4.78, 5) is 38.5. The minimum atomic E-state index is -0.156. The van der Waals surface area contributed by atoms with E-state index in [1.807, 2.05) is 0 Å². The molecule has 1 aromatic heterocycles. The Morgan fingerprint density at radius 3 is 2.05 bits per heavy atom. The van der Waals surface area contributed by atoms with Gasteiger partial charge in [-0.2, -0.15) is 4.98 Å². The van der Waals surface area contributed by atoms with Crippen molar-refractivity contribution in [2.24, 2.45) is 10.9 Å². The number of morpholine rings is 1. The molecule has 2 fully saturated rings. The van der Waals surface area contributed by atoms with Crippen molar-refractivity contribution >= 4 is 29.4 Å². The molecule has 0 bridgehead atoms. The van der Waals surface area contributed by atoms with Gasteiger partial charge in [0.2, 0.25) is 11.9 Å². The van der Waals surface area contributed by atoms with Crippen molar-refractivity contribution in [1.82, 2.24) is 25.0 Å². The molecule has 1 unspecified atom stereocenters. The Balaban J connectivity index is 1.02. The van der Waals surface area contributed by atoms with E-state index >= 15 is 0 Å². The van der Waals surface area contributed by atoms with Gasteiger partial charge in [0, 0.05) is 32.1 Å². The van der Waals surface area contributed by atoms with Crippen molar-refractivity contribution in [3.8, 4) is 0 Å². The molecule has 2 saturated heterocycles. The number of carbonyl (C=O) groups excluding carboxylic acids is 2. The van der Waals surface area contributed by atoms with E-state index in [2.05, 4.69) is 32.2 Å². The third-order valence-corrected chi connectivity index (χ3v) is 8.59. The lowest BCUT2D eigenvalue weighted by Gasteiger charge is -2.34. The first-order chi connectivity index (χ1) is 20.2. The van der Waals surface area contributed by atoms with E-state index in [-0.39, 0.29) is 24.3 Å². The predicted molar refractivity (Wildman–Crippen MR) is 163 cm³/mol. The second kappa shape index (κ2) is 17.5. The number of rotatable bonds is 18. The molecule has 3 aliphatic heterocycles. The fraction of sp³-hybridized carbons (Fsp3) is 0.839. The average molecular weight is 572 g/mol. The van der Waals surface area contributed by atoms with E-state index in [0.29, 0.717) is 50.5 Å². The molecule has 10 nitrogen and oxygen atoms in total. The van der Waals surface area contributed by atoms with Crippen LogP contribution in [0.1, 0.15) is 110 Å². The van der Waals surface area contributed by atoms with Crippen molar-refractivity contribution < 1.29 is 14.3 Å². The number of amides is 2. The molecule has 3 aliphatic rings. The Morgan fingerprint density at radius 2 is 1.44 bits per heavy atom. The van der Waals surface area contributed by atoms with Crippen LogP contribution in [0.15, 0.2) is 4.99 Å². The van der Waals surface area contributed by atoms with Gasteiger partial charge in [-0.15, -0.1) is 5.10 Å². The van der Waals surface area contributed by atoms with Gasteiger partial charge < -0.3 is 19.9 Å². The molecule has 1 aromatic rings. The number of hydrogen-bond acceptors (Lipinski definition) is 7. The second-order valence-corrected chi connectivity index (χ2v) is 12.0. The summed E-state index contributed by atoms with van der Waals surface area (Å²) in [5.41, 5.74) is 0.528. The monoisotopic (exact) mass is 571 g/mol. The molecule has 1 N–H and O–H groups in total. The first kappa shape index (κ1) is 31.4. The maximum Gasteiger partial charge on any atom is 0.317 e. The van der Waals surface area contributed by atoms with Crippen LogP contribution < -0.4 is 10.2 Å². The van der Waals surface area contributed by atoms with Gasteiger partial charge in [-0.1, -0.05) is 103 Å². The average Bonchev–Trinajstić information content (AvgIpc) is 3.41. The largest absolute Gasteiger partial charge is 0.378 e. The number of urea groups is 1. The summed E-state index contributed by atoms with van der Waals surface area (Å²) >= 11 is 0. The number of ether oxygens (including phenoxy) is 1. The van der Waals surface area contributed by atoms with Crippen LogP contribution in [0.25, 0.3) is 0 Å². The topological polar surface area (TPSA) is 105 Å². The number of Topliss-reactive ketones (excluding diaryl/α,β-unsaturated/α-hetero) is 1. The highest BCUT2D eigenvalue weighted by Crippen LogP contribution is 2.27. The maximum absolute atomic E-state index is 12.9. The summed E-state index contributed by atoms with van der Waals surface area (Å²) in [6.07, 6.45) is 21.3. The SMILES string of the molecule is CCCCCCCCCCCCCCCCCCNC(=O)N1CC(=O)C2=Nc3nc(N4CCOCC4)nn3CC2C1. The zero-order chi connectivity index (χ0) is 28.7. The lowest BCUT2D eigenvalue weighted by molar-refractivity contribution is -0.114. The van der Waals surface area contributed by atoms with Gasteiger partial charge in [-0.25, -0.2) is 14.5 Å². The normalized spacial score (nSPS) is 18.7. The lowest BCUT2D eigenvalue weighted by Crippen LogP contribution is -2.54. The van der Waals surface area contributed by atoms with Crippen molar-refractivity contribution in [2.45, 2.75) is 116 Å². The van der Waals surface area contributed by atoms with E-state index in [1.54, 1.807) is 9.58 Å². The molecule has 2 amide bonds. The molecule has 10 heteroatoms. The molecule has 0 radical (unpaired) electrons. The summed E-state index contributed by atoms with van der Waals surface area (Å²) < 4.78 is 7.18. The van der Waals surface area contributed by atoms with Crippen molar-refractivity contribution in [3.05, 3.63) is 0 Å². The van der Waals surface area contributed by atoms with Gasteiger partial charge in [0.25, 0.3) is 0 Å². The fourth-order valence-corrected chi connectivity index (χ4v) is 6.07. The number of fused-ring (bicyclic) bond motifs is 2. The summed E-state index contributed by atoms with van der Waals surface area (Å²) in [5.74, 6) is 0.866. The molecular weight excluding hydrogens is 518 g/mol. The number of nitrogens with one attached hydrogen (secondary N) is 1. The third kappa shape index (κ3) is 10.1. The van der Waals surface area contributed by atoms with Crippen LogP contribution in [0.2, 0.25) is 0 Å². The molecule has 0 spiro atoms. The van der Waals surface area contributed by atoms with Crippen LogP contribution in [-0.4, -0.2) is 83.1 Å². The van der Waals surface area contributed by atoms with E-state index in [4.69, 9.17) is 4.74 Å². The highest BCUT2D eigenvalue weighted by molar-refractivity contribution is 6.42. The number of anilines is 1. The first-order valence-electron chi connectivity index (χ1n) is 16.6. The number of unbranched alkanes of at least 4 members (excludes halogenated alkanes) is 15. The summed E-state index contributed by atoms with van der Waals surface area (Å²) in [6, 6.07) is -0.156. The molecule has 4 heterocycles. The van der Waals surface area contributed by atoms with E-state index in [0.717, 1.165) is 25.9 Å². The smallest absolute Gasteiger partial charge is 0.317 e. The van der Waals surface area contributed by atoms with Gasteiger partial charge in [0.1, 0.15) is 0 Å². The highest BCUT2D eigenvalue weighted by Gasteiger charge is 2.38. The number of aliphatic imine (C=N–C) groups is 1. The lowest BCUT2D eigenvalue weighted by atomic mass is 9.93. The van der Waals surface area contributed by atoms with Crippen LogP contribution in [-0.2, 0) is 16.1 Å². The number of piperidine rings is 1. The third-order valence-electron chi connectivity index (χ3n) is 8.59. The van der Waals surface area contributed by atoms with E-state index in [1.165, 1.54) is 89.9 Å². The molecule has 230 valence electrons. The fourth-order valence-electron chi connectivity index (χ4n) is 6.07. The number of ketones is 1. The van der Waals surface area contributed by atoms with E-state index in [9.17, 15) is 9.59 Å². The van der Waals surface area contributed by atoms with Crippen molar-refractivity contribution in [3.63, 3.8) is 0 Å². The quantitative estimate of drug-likeness (QED) is 0.228. The zero-order valence-electron chi connectivity index (χ0n) is 25.5. The van der Waals surface area contributed by atoms with Crippen LogP contribution in [0.4, 0.5) is 16.7 Å². The number of likely N-dealkylation sites (tertiary alicyclic amines) is 1. The Bertz CT molecular complexity index is 973. The van der Waals surface area contributed by atoms with Crippen LogP contribution >= 0.6 is 0 Å². The standard InChI is InChI=1S/C31H53N7O3/c1-2-3-4-5-6-7-8-9-10-11-12-13-14-15-16-17-18-32-31(40)37-23-26-24-38-29(33-28(26)27(39)25-37)34-30(35-38)36-19-21-41-22-20-36/h26H,2-25H2,1H3,(H,32,40). The molecule has 0 aromatic carbocycles. The van der Waals surface area contributed by atoms with Gasteiger partial charge in [-0.3, -0.25) is 4.79 Å². The zero-order valence-corrected chi connectivity index (χ0v) is 25.5. The van der Waals surface area contributed by atoms with Crippen molar-refractivity contribution in [2.75, 3.05) is 50.8 Å². The minimum Gasteiger partial charge on any atom is -0.378 e. The Kier molecular flexibility index (Phi) is 13.4. The number of hydrogen-bond donors (Lipinski definition) is 1. The van der Waals surface area contributed by atoms with Crippen LogP contribution in [0.3, 0.4) is 0 Å². The summed E-state index contributed by atoms with van der Waals surface area (Å²) in [5, 5.41) is 7.65. The first-order valence-corrected chi connectivity index (χ1v) is 16.6. The van der Waals surface area contributed by atoms with E-state index < -0.39 is 0 Å². The number of carbonyl (C=O) groups is 2. The summed E-state index contributed by atoms with van der Waals surface area (Å²) in [7, 11) is 0. The minimum absolute atomic E-state index is 0.0740. The van der Waals surface area contributed by atoms with Crippen LogP contribution in [0, 0.1) is 5.92 Å². The molecule has 0 saturated carbocycles. The number of nitrogens with zero attached hydrogens (tertiary/aromatic N) is 6. The Labute approximate surface area is 246 Å². The van der Waals surface area contributed by atoms with Gasteiger partial charge in [0.05, 0.1) is 32.0 Å². The molecular formula is C31H53N7O3. The van der Waals surface area contributed by atoms with Gasteiger partial charge in [0.15, 0.2) is 5.78 Å².